The van der Waals surface area contributed by atoms with E-state index in [2.05, 4.69) is 6.92 Å². The maximum atomic E-state index is 10.0. The van der Waals surface area contributed by atoms with Crippen LogP contribution in [-0.4, -0.2) is 16.7 Å². The van der Waals surface area contributed by atoms with Crippen LogP contribution in [0.1, 0.15) is 45.4 Å². The lowest BCUT2D eigenvalue weighted by Crippen LogP contribution is -2.50. The van der Waals surface area contributed by atoms with Crippen molar-refractivity contribution in [1.29, 1.82) is 0 Å². The Morgan fingerprint density at radius 3 is 2.82 bits per heavy atom. The SMILES string of the molecule is CCC[C@@]1(O)CCCC[C@@H]1N. The Morgan fingerprint density at radius 1 is 1.55 bits per heavy atom. The number of hydrogen-bond acceptors (Lipinski definition) is 2. The van der Waals surface area contributed by atoms with Gasteiger partial charge < -0.3 is 10.8 Å². The second kappa shape index (κ2) is 3.55. The normalized spacial score (nSPS) is 39.0. The van der Waals surface area contributed by atoms with Crippen LogP contribution in [0.5, 0.6) is 0 Å². The van der Waals surface area contributed by atoms with Crippen LogP contribution in [0.4, 0.5) is 0 Å². The molecule has 0 aromatic rings. The molecule has 0 unspecified atom stereocenters. The van der Waals surface area contributed by atoms with E-state index in [1.807, 2.05) is 0 Å². The standard InChI is InChI=1S/C9H19NO/c1-2-6-9(11)7-4-3-5-8(9)10/h8,11H,2-7,10H2,1H3/t8-,9+/m0/s1. The van der Waals surface area contributed by atoms with Crippen molar-refractivity contribution < 1.29 is 5.11 Å². The van der Waals surface area contributed by atoms with Crippen molar-refractivity contribution in [3.8, 4) is 0 Å². The summed E-state index contributed by atoms with van der Waals surface area (Å²) >= 11 is 0. The van der Waals surface area contributed by atoms with Crippen LogP contribution < -0.4 is 5.73 Å². The lowest BCUT2D eigenvalue weighted by Gasteiger charge is -2.37. The maximum absolute atomic E-state index is 10.0. The summed E-state index contributed by atoms with van der Waals surface area (Å²) in [7, 11) is 0. The van der Waals surface area contributed by atoms with Gasteiger partial charge in [0.2, 0.25) is 0 Å². The molecule has 0 heterocycles. The van der Waals surface area contributed by atoms with Crippen LogP contribution in [-0.2, 0) is 0 Å². The molecule has 0 aliphatic heterocycles. The van der Waals surface area contributed by atoms with E-state index in [-0.39, 0.29) is 6.04 Å². The first-order valence-corrected chi connectivity index (χ1v) is 4.67. The Kier molecular flexibility index (Phi) is 2.90. The Balaban J connectivity index is 2.49. The molecule has 0 aromatic carbocycles. The predicted octanol–water partition coefficient (Wildman–Crippen LogP) is 1.42. The first-order chi connectivity index (χ1) is 5.19. The van der Waals surface area contributed by atoms with Crippen LogP contribution in [0.25, 0.3) is 0 Å². The van der Waals surface area contributed by atoms with Gasteiger partial charge in [-0.05, 0) is 19.3 Å². The average molecular weight is 157 g/mol. The van der Waals surface area contributed by atoms with E-state index in [1.54, 1.807) is 0 Å². The Hall–Kier alpha value is -0.0800. The first kappa shape index (κ1) is 9.01. The van der Waals surface area contributed by atoms with E-state index >= 15 is 0 Å². The fourth-order valence-electron chi connectivity index (χ4n) is 1.99. The minimum absolute atomic E-state index is 0.0243. The van der Waals surface area contributed by atoms with Gasteiger partial charge in [-0.2, -0.15) is 0 Å². The third-order valence-electron chi connectivity index (χ3n) is 2.75. The van der Waals surface area contributed by atoms with Crippen molar-refractivity contribution in [2.75, 3.05) is 0 Å². The van der Waals surface area contributed by atoms with Crippen LogP contribution in [0.2, 0.25) is 0 Å². The molecule has 0 spiro atoms. The fourth-order valence-corrected chi connectivity index (χ4v) is 1.99. The topological polar surface area (TPSA) is 46.2 Å². The van der Waals surface area contributed by atoms with E-state index in [0.29, 0.717) is 0 Å². The molecular weight excluding hydrogens is 138 g/mol. The third-order valence-corrected chi connectivity index (χ3v) is 2.75. The van der Waals surface area contributed by atoms with Crippen molar-refractivity contribution in [2.24, 2.45) is 5.73 Å². The van der Waals surface area contributed by atoms with Crippen molar-refractivity contribution in [3.63, 3.8) is 0 Å². The van der Waals surface area contributed by atoms with E-state index in [0.717, 1.165) is 32.1 Å². The Bertz CT molecular complexity index is 123. The minimum atomic E-state index is -0.535. The van der Waals surface area contributed by atoms with Crippen molar-refractivity contribution >= 4 is 0 Å². The molecule has 11 heavy (non-hydrogen) atoms. The minimum Gasteiger partial charge on any atom is -0.388 e. The zero-order valence-electron chi connectivity index (χ0n) is 7.34. The summed E-state index contributed by atoms with van der Waals surface area (Å²) in [5.41, 5.74) is 5.31. The highest BCUT2D eigenvalue weighted by molar-refractivity contribution is 4.92. The second-order valence-electron chi connectivity index (χ2n) is 3.71. The number of nitrogens with two attached hydrogens (primary N) is 1. The molecule has 66 valence electrons. The monoisotopic (exact) mass is 157 g/mol. The van der Waals surface area contributed by atoms with Gasteiger partial charge in [0.25, 0.3) is 0 Å². The Labute approximate surface area is 68.8 Å². The summed E-state index contributed by atoms with van der Waals surface area (Å²) in [6, 6.07) is 0.0243. The molecule has 1 aliphatic carbocycles. The summed E-state index contributed by atoms with van der Waals surface area (Å²) in [4.78, 5) is 0. The molecule has 2 heteroatoms. The molecular formula is C9H19NO. The molecule has 1 rings (SSSR count). The van der Waals surface area contributed by atoms with Crippen LogP contribution in [0, 0.1) is 0 Å². The quantitative estimate of drug-likeness (QED) is 0.636. The fraction of sp³-hybridized carbons (Fsp3) is 1.00. The number of rotatable bonds is 2. The van der Waals surface area contributed by atoms with E-state index in [9.17, 15) is 5.11 Å². The highest BCUT2D eigenvalue weighted by Crippen LogP contribution is 2.30. The lowest BCUT2D eigenvalue weighted by atomic mass is 9.78. The van der Waals surface area contributed by atoms with Gasteiger partial charge in [0.15, 0.2) is 0 Å². The molecule has 0 bridgehead atoms. The van der Waals surface area contributed by atoms with Gasteiger partial charge >= 0.3 is 0 Å². The smallest absolute Gasteiger partial charge is 0.0797 e. The van der Waals surface area contributed by atoms with E-state index < -0.39 is 5.60 Å². The maximum Gasteiger partial charge on any atom is 0.0797 e. The lowest BCUT2D eigenvalue weighted by molar-refractivity contribution is -0.0220. The van der Waals surface area contributed by atoms with Gasteiger partial charge in [-0.15, -0.1) is 0 Å². The van der Waals surface area contributed by atoms with Crippen molar-refractivity contribution in [1.82, 2.24) is 0 Å². The zero-order valence-corrected chi connectivity index (χ0v) is 7.34. The first-order valence-electron chi connectivity index (χ1n) is 4.67. The van der Waals surface area contributed by atoms with Gasteiger partial charge in [-0.1, -0.05) is 26.2 Å². The average Bonchev–Trinajstić information content (AvgIpc) is 1.96. The largest absolute Gasteiger partial charge is 0.388 e. The highest BCUT2D eigenvalue weighted by Gasteiger charge is 2.35. The summed E-state index contributed by atoms with van der Waals surface area (Å²) in [5.74, 6) is 0. The summed E-state index contributed by atoms with van der Waals surface area (Å²) in [6.45, 7) is 2.10. The summed E-state index contributed by atoms with van der Waals surface area (Å²) in [5, 5.41) is 10.0. The van der Waals surface area contributed by atoms with Crippen molar-refractivity contribution in [3.05, 3.63) is 0 Å². The predicted molar refractivity (Wildman–Crippen MR) is 46.3 cm³/mol. The molecule has 0 amide bonds. The van der Waals surface area contributed by atoms with E-state index in [1.165, 1.54) is 6.42 Å². The van der Waals surface area contributed by atoms with Gasteiger partial charge in [-0.3, -0.25) is 0 Å². The molecule has 0 radical (unpaired) electrons. The Morgan fingerprint density at radius 2 is 2.27 bits per heavy atom. The molecule has 0 saturated heterocycles. The number of hydrogen-bond donors (Lipinski definition) is 2. The highest BCUT2D eigenvalue weighted by atomic mass is 16.3. The molecule has 0 aromatic heterocycles. The number of aliphatic hydroxyl groups is 1. The van der Waals surface area contributed by atoms with Crippen molar-refractivity contribution in [2.45, 2.75) is 57.1 Å². The molecule has 3 N–H and O–H groups in total. The molecule has 1 fully saturated rings. The summed E-state index contributed by atoms with van der Waals surface area (Å²) in [6.07, 6.45) is 6.13. The van der Waals surface area contributed by atoms with E-state index in [4.69, 9.17) is 5.73 Å². The van der Waals surface area contributed by atoms with Crippen LogP contribution in [0.3, 0.4) is 0 Å². The molecule has 2 atom stereocenters. The second-order valence-corrected chi connectivity index (χ2v) is 3.71. The molecule has 1 saturated carbocycles. The van der Waals surface area contributed by atoms with Crippen LogP contribution >= 0.6 is 0 Å². The van der Waals surface area contributed by atoms with Gasteiger partial charge in [0.1, 0.15) is 0 Å². The van der Waals surface area contributed by atoms with Crippen LogP contribution in [0.15, 0.2) is 0 Å². The van der Waals surface area contributed by atoms with Gasteiger partial charge in [0, 0.05) is 6.04 Å². The van der Waals surface area contributed by atoms with Gasteiger partial charge in [-0.25, -0.2) is 0 Å². The van der Waals surface area contributed by atoms with Gasteiger partial charge in [0.05, 0.1) is 5.60 Å². The zero-order chi connectivity index (χ0) is 8.32. The summed E-state index contributed by atoms with van der Waals surface area (Å²) < 4.78 is 0. The third kappa shape index (κ3) is 1.94. The molecule has 2 nitrogen and oxygen atoms in total. The molecule has 1 aliphatic rings.